The fourth-order valence-electron chi connectivity index (χ4n) is 8.65. The highest BCUT2D eigenvalue weighted by Crippen LogP contribution is 2.62. The summed E-state index contributed by atoms with van der Waals surface area (Å²) < 4.78 is 26.5. The van der Waals surface area contributed by atoms with Crippen molar-refractivity contribution in [2.24, 2.45) is 22.9 Å². The van der Waals surface area contributed by atoms with Crippen LogP contribution in [0, 0.1) is 24.7 Å². The van der Waals surface area contributed by atoms with Crippen LogP contribution in [0.2, 0.25) is 0 Å². The van der Waals surface area contributed by atoms with Gasteiger partial charge in [0.05, 0.1) is 30.5 Å². The Balaban J connectivity index is 1.73. The van der Waals surface area contributed by atoms with Crippen molar-refractivity contribution in [1.29, 1.82) is 0 Å². The molecule has 2 aliphatic carbocycles. The number of aromatic nitrogens is 1. The van der Waals surface area contributed by atoms with Gasteiger partial charge in [0.25, 0.3) is 0 Å². The Morgan fingerprint density at radius 1 is 1.09 bits per heavy atom. The van der Waals surface area contributed by atoms with E-state index in [9.17, 15) is 15.0 Å². The minimum absolute atomic E-state index is 0.105. The van der Waals surface area contributed by atoms with Gasteiger partial charge < -0.3 is 34.0 Å². The molecule has 1 aliphatic heterocycles. The number of nitrogens with zero attached hydrogens (tertiary/aromatic N) is 3. The lowest BCUT2D eigenvalue weighted by atomic mass is 9.55. The van der Waals surface area contributed by atoms with Crippen LogP contribution in [0.3, 0.4) is 0 Å². The van der Waals surface area contributed by atoms with Crippen LogP contribution in [0.25, 0.3) is 0 Å². The second-order valence-corrected chi connectivity index (χ2v) is 14.6. The zero-order valence-corrected chi connectivity index (χ0v) is 33.0. The number of carbonyl (C=O) groups excluding carboxylic acids is 1. The van der Waals surface area contributed by atoms with Gasteiger partial charge in [-0.1, -0.05) is 49.2 Å². The molecule has 2 aromatic rings. The van der Waals surface area contributed by atoms with Gasteiger partial charge in [-0.25, -0.2) is 4.79 Å². The van der Waals surface area contributed by atoms with Gasteiger partial charge in [0.15, 0.2) is 0 Å². The first-order valence-electron chi connectivity index (χ1n) is 20.2. The Bertz CT molecular complexity index is 1640. The molecule has 0 radical (unpaired) electrons. The lowest BCUT2D eigenvalue weighted by Crippen LogP contribution is -2.70. The molecule has 5 rings (SSSR count). The molecule has 6 atom stereocenters. The van der Waals surface area contributed by atoms with Gasteiger partial charge >= 0.3 is 6.09 Å². The molecule has 11 nitrogen and oxygen atoms in total. The summed E-state index contributed by atoms with van der Waals surface area (Å²) in [6.45, 7) is 15.4. The summed E-state index contributed by atoms with van der Waals surface area (Å²) in [7, 11) is 0. The molecule has 1 fully saturated rings. The molecule has 55 heavy (non-hydrogen) atoms. The number of unbranched alkanes of at least 4 members (excludes halogenated alkanes) is 2. The number of aryl methyl sites for hydroxylation is 1. The maximum Gasteiger partial charge on any atom is 0.410 e. The lowest BCUT2D eigenvalue weighted by Gasteiger charge is -2.59. The molecule has 3 aliphatic rings. The van der Waals surface area contributed by atoms with Crippen molar-refractivity contribution in [3.8, 4) is 11.5 Å². The summed E-state index contributed by atoms with van der Waals surface area (Å²) in [5.74, 6) is -0.295. The van der Waals surface area contributed by atoms with Gasteiger partial charge in [-0.15, -0.1) is 13.2 Å². The number of oxime groups is 1. The van der Waals surface area contributed by atoms with Gasteiger partial charge in [0.1, 0.15) is 30.8 Å². The van der Waals surface area contributed by atoms with Crippen molar-refractivity contribution in [1.82, 2.24) is 9.88 Å². The SMILES string of the molecule is C=CCCOC(=O)N(CCC)[C@H]1CC(=NOCC)C2=C[C@H](CCCCO)[C@@H](CCCCO)[C@@H]3c4cc(OCc5cccc(C)n5)ccc4O[C@@]1(OCC=C)[C@H]23. The first-order valence-corrected chi connectivity index (χ1v) is 20.2. The number of aliphatic hydroxyl groups excluding tert-OH is 2. The smallest absolute Gasteiger partial charge is 0.410 e. The number of amides is 1. The van der Waals surface area contributed by atoms with Gasteiger partial charge in [-0.05, 0) is 100 Å². The number of carbonyl (C=O) groups is 1. The zero-order valence-electron chi connectivity index (χ0n) is 33.0. The predicted octanol–water partition coefficient (Wildman–Crippen LogP) is 8.05. The van der Waals surface area contributed by atoms with Crippen molar-refractivity contribution in [2.45, 2.75) is 103 Å². The van der Waals surface area contributed by atoms with E-state index >= 15 is 0 Å². The summed E-state index contributed by atoms with van der Waals surface area (Å²) in [6.07, 6.45) is 11.7. The van der Waals surface area contributed by atoms with E-state index in [2.05, 4.69) is 30.3 Å². The van der Waals surface area contributed by atoms with Crippen LogP contribution in [0.5, 0.6) is 11.5 Å². The fraction of sp³-hybridized carbons (Fsp3) is 0.568. The fourth-order valence-corrected chi connectivity index (χ4v) is 8.65. The topological polar surface area (TPSA) is 132 Å². The molecule has 1 saturated carbocycles. The van der Waals surface area contributed by atoms with E-state index in [1.54, 1.807) is 17.1 Å². The van der Waals surface area contributed by atoms with Gasteiger partial charge in [0, 0.05) is 43.4 Å². The zero-order chi connectivity index (χ0) is 39.2. The van der Waals surface area contributed by atoms with Gasteiger partial charge in [0.2, 0.25) is 5.79 Å². The maximum absolute atomic E-state index is 14.1. The van der Waals surface area contributed by atoms with E-state index in [1.807, 2.05) is 51.1 Å². The minimum atomic E-state index is -1.34. The van der Waals surface area contributed by atoms with E-state index in [0.29, 0.717) is 63.4 Å². The average Bonchev–Trinajstić information content (AvgIpc) is 3.19. The summed E-state index contributed by atoms with van der Waals surface area (Å²) in [5, 5.41) is 24.4. The summed E-state index contributed by atoms with van der Waals surface area (Å²) in [4.78, 5) is 26.3. The highest BCUT2D eigenvalue weighted by atomic mass is 16.7. The molecule has 1 amide bonds. The normalized spacial score (nSPS) is 24.5. The van der Waals surface area contributed by atoms with Crippen LogP contribution in [-0.2, 0) is 20.9 Å². The quantitative estimate of drug-likeness (QED) is 0.0696. The highest BCUT2D eigenvalue weighted by Gasteiger charge is 2.65. The largest absolute Gasteiger partial charge is 0.487 e. The summed E-state index contributed by atoms with van der Waals surface area (Å²) in [5.41, 5.74) is 4.50. The third-order valence-electron chi connectivity index (χ3n) is 10.9. The molecule has 0 bridgehead atoms. The van der Waals surface area contributed by atoms with Gasteiger partial charge in [-0.2, -0.15) is 0 Å². The van der Waals surface area contributed by atoms with Crippen molar-refractivity contribution in [3.05, 3.63) is 90.3 Å². The van der Waals surface area contributed by atoms with E-state index in [4.69, 9.17) is 28.9 Å². The third-order valence-corrected chi connectivity index (χ3v) is 10.9. The Labute approximate surface area is 327 Å². The highest BCUT2D eigenvalue weighted by molar-refractivity contribution is 6.03. The predicted molar refractivity (Wildman–Crippen MR) is 213 cm³/mol. The number of rotatable bonds is 22. The number of pyridine rings is 1. The molecule has 2 N–H and O–H groups in total. The second kappa shape index (κ2) is 20.6. The van der Waals surface area contributed by atoms with E-state index in [0.717, 1.165) is 53.9 Å². The molecular formula is C44H61N3O8. The molecule has 11 heteroatoms. The monoisotopic (exact) mass is 759 g/mol. The second-order valence-electron chi connectivity index (χ2n) is 14.6. The maximum atomic E-state index is 14.1. The number of fused-ring (bicyclic) bond motifs is 2. The molecule has 1 aromatic carbocycles. The number of ether oxygens (including phenoxy) is 4. The number of hydrogen-bond acceptors (Lipinski definition) is 10. The summed E-state index contributed by atoms with van der Waals surface area (Å²) >= 11 is 0. The van der Waals surface area contributed by atoms with Crippen LogP contribution in [0.15, 0.2) is 78.5 Å². The first-order chi connectivity index (χ1) is 26.8. The molecule has 300 valence electrons. The van der Waals surface area contributed by atoms with E-state index in [-0.39, 0.29) is 44.2 Å². The molecule has 0 spiro atoms. The Hall–Kier alpha value is -4.19. The summed E-state index contributed by atoms with van der Waals surface area (Å²) in [6, 6.07) is 11.2. The van der Waals surface area contributed by atoms with Crippen molar-refractivity contribution in [2.75, 3.05) is 39.6 Å². The molecule has 0 saturated heterocycles. The number of allylic oxidation sites excluding steroid dienone is 1. The Morgan fingerprint density at radius 3 is 2.60 bits per heavy atom. The third kappa shape index (κ3) is 9.80. The van der Waals surface area contributed by atoms with E-state index in [1.165, 1.54) is 0 Å². The Morgan fingerprint density at radius 2 is 1.89 bits per heavy atom. The van der Waals surface area contributed by atoms with Crippen molar-refractivity contribution in [3.63, 3.8) is 0 Å². The number of aliphatic hydroxyl groups is 2. The van der Waals surface area contributed by atoms with Crippen LogP contribution in [0.1, 0.15) is 94.5 Å². The van der Waals surface area contributed by atoms with E-state index < -0.39 is 23.8 Å². The van der Waals surface area contributed by atoms with Gasteiger partial charge in [-0.3, -0.25) is 9.88 Å². The molecule has 2 heterocycles. The van der Waals surface area contributed by atoms with Crippen LogP contribution >= 0.6 is 0 Å². The molecule has 1 aromatic heterocycles. The standard InChI is InChI=1S/C44H61N3O8/c1-6-10-26-51-43(50)47(22-7-2)40-29-38(46-54-9-4)36-27-32(17-11-13-23-48)35(19-12-14-24-49)41-37-28-34(52-30-33-18-15-16-31(5)45-33)20-21-39(37)55-44(40,42(36)41)53-25-8-3/h6,8,15-16,18,20-21,27-28,32,35,40-42,48-49H,1,3,7,9-14,17,19,22-26,29-30H2,2,4-5H3/t32-,35+,40-,41+,42+,44+/m0/s1. The number of benzene rings is 1. The van der Waals surface area contributed by atoms with Crippen LogP contribution in [-0.4, -0.2) is 83.3 Å². The van der Waals surface area contributed by atoms with Crippen LogP contribution < -0.4 is 9.47 Å². The molecular weight excluding hydrogens is 698 g/mol. The number of hydrogen-bond donors (Lipinski definition) is 2. The minimum Gasteiger partial charge on any atom is -0.487 e. The van der Waals surface area contributed by atoms with Crippen LogP contribution in [0.4, 0.5) is 4.79 Å². The van der Waals surface area contributed by atoms with Crippen molar-refractivity contribution < 1.29 is 38.8 Å². The lowest BCUT2D eigenvalue weighted by molar-refractivity contribution is -0.255. The molecule has 0 unspecified atom stereocenters. The Kier molecular flexibility index (Phi) is 15.8. The average molecular weight is 760 g/mol. The van der Waals surface area contributed by atoms with Crippen molar-refractivity contribution >= 4 is 11.8 Å². The first kappa shape index (κ1) is 42.0.